The van der Waals surface area contributed by atoms with E-state index in [0.717, 1.165) is 19.3 Å². The molecule has 0 radical (unpaired) electrons. The van der Waals surface area contributed by atoms with Crippen LogP contribution in [0.25, 0.3) is 0 Å². The predicted molar refractivity (Wildman–Crippen MR) is 70.5 cm³/mol. The fraction of sp³-hybridized carbons (Fsp3) is 0.846. The molecule has 0 saturated heterocycles. The highest BCUT2D eigenvalue weighted by Gasteiger charge is 2.28. The Hall–Kier alpha value is -1.10. The maximum Gasteiger partial charge on any atom is 0.247 e. The van der Waals surface area contributed by atoms with Gasteiger partial charge in [-0.05, 0) is 6.42 Å². The molecule has 2 atom stereocenters. The molecule has 0 fully saturated rings. The summed E-state index contributed by atoms with van der Waals surface area (Å²) in [7, 11) is 0. The minimum Gasteiger partial charge on any atom is -0.382 e. The van der Waals surface area contributed by atoms with Crippen molar-refractivity contribution in [2.24, 2.45) is 17.4 Å². The highest BCUT2D eigenvalue weighted by molar-refractivity contribution is 5.87. The maximum atomic E-state index is 11.1. The number of aliphatic hydroxyl groups is 1. The molecular formula is C13H26N2O3. The van der Waals surface area contributed by atoms with Crippen LogP contribution in [0.2, 0.25) is 0 Å². The number of rotatable bonds is 11. The van der Waals surface area contributed by atoms with Gasteiger partial charge in [0, 0.05) is 0 Å². The number of unbranched alkanes of at least 4 members (excludes halogenated alkanes) is 6. The molecule has 0 heterocycles. The van der Waals surface area contributed by atoms with E-state index in [1.807, 2.05) is 0 Å². The molecule has 1 unspecified atom stereocenters. The third-order valence-electron chi connectivity index (χ3n) is 3.16. The van der Waals surface area contributed by atoms with Crippen LogP contribution in [0.1, 0.15) is 58.3 Å². The van der Waals surface area contributed by atoms with Crippen molar-refractivity contribution in [1.82, 2.24) is 0 Å². The van der Waals surface area contributed by atoms with Gasteiger partial charge in [0.2, 0.25) is 11.8 Å². The highest BCUT2D eigenvalue weighted by Crippen LogP contribution is 2.15. The van der Waals surface area contributed by atoms with Crippen molar-refractivity contribution in [3.05, 3.63) is 0 Å². The Morgan fingerprint density at radius 3 is 1.89 bits per heavy atom. The quantitative estimate of drug-likeness (QED) is 0.482. The number of carbonyl (C=O) groups is 2. The zero-order valence-corrected chi connectivity index (χ0v) is 11.2. The summed E-state index contributed by atoms with van der Waals surface area (Å²) < 4.78 is 0. The first-order valence-corrected chi connectivity index (χ1v) is 6.77. The molecule has 0 spiro atoms. The summed E-state index contributed by atoms with van der Waals surface area (Å²) in [5, 5.41) is 9.45. The van der Waals surface area contributed by atoms with Gasteiger partial charge < -0.3 is 16.6 Å². The zero-order valence-electron chi connectivity index (χ0n) is 11.2. The van der Waals surface area contributed by atoms with Crippen LogP contribution in [0.3, 0.4) is 0 Å². The van der Waals surface area contributed by atoms with Crippen molar-refractivity contribution in [1.29, 1.82) is 0 Å². The summed E-state index contributed by atoms with van der Waals surface area (Å²) in [4.78, 5) is 21.9. The molecule has 106 valence electrons. The summed E-state index contributed by atoms with van der Waals surface area (Å²) in [5.74, 6) is -2.40. The maximum absolute atomic E-state index is 11.1. The second-order valence-corrected chi connectivity index (χ2v) is 4.77. The van der Waals surface area contributed by atoms with Gasteiger partial charge in [-0.25, -0.2) is 0 Å². The van der Waals surface area contributed by atoms with Gasteiger partial charge in [0.25, 0.3) is 0 Å². The Labute approximate surface area is 109 Å². The SMILES string of the molecule is CCCCCCCCC[C@@H](C(N)=O)C(O)C(N)=O. The van der Waals surface area contributed by atoms with Crippen LogP contribution in [0, 0.1) is 5.92 Å². The Balaban J connectivity index is 3.78. The number of hydrogen-bond acceptors (Lipinski definition) is 3. The number of carbonyl (C=O) groups excluding carboxylic acids is 2. The second kappa shape index (κ2) is 9.88. The monoisotopic (exact) mass is 258 g/mol. The van der Waals surface area contributed by atoms with Crippen LogP contribution in [0.15, 0.2) is 0 Å². The lowest BCUT2D eigenvalue weighted by Gasteiger charge is -2.16. The van der Waals surface area contributed by atoms with Crippen LogP contribution >= 0.6 is 0 Å². The van der Waals surface area contributed by atoms with Crippen LogP contribution in [-0.4, -0.2) is 23.0 Å². The third kappa shape index (κ3) is 7.27. The standard InChI is InChI=1S/C13H26N2O3/c1-2-3-4-5-6-7-8-9-10(12(14)17)11(16)13(15)18/h10-11,16H,2-9H2,1H3,(H2,14,17)(H2,15,18)/t10-,11?/m1/s1. The average molecular weight is 258 g/mol. The first kappa shape index (κ1) is 16.9. The first-order valence-electron chi connectivity index (χ1n) is 6.77. The fourth-order valence-corrected chi connectivity index (χ4v) is 1.98. The van der Waals surface area contributed by atoms with E-state index in [1.54, 1.807) is 0 Å². The molecule has 0 aliphatic heterocycles. The first-order chi connectivity index (χ1) is 8.50. The fourth-order valence-electron chi connectivity index (χ4n) is 1.98. The lowest BCUT2D eigenvalue weighted by atomic mass is 9.94. The number of aliphatic hydroxyl groups excluding tert-OH is 1. The van der Waals surface area contributed by atoms with Crippen LogP contribution in [0.5, 0.6) is 0 Å². The van der Waals surface area contributed by atoms with E-state index in [0.29, 0.717) is 6.42 Å². The van der Waals surface area contributed by atoms with Gasteiger partial charge in [-0.2, -0.15) is 0 Å². The van der Waals surface area contributed by atoms with Gasteiger partial charge in [0.15, 0.2) is 0 Å². The van der Waals surface area contributed by atoms with Crippen molar-refractivity contribution in [3.63, 3.8) is 0 Å². The number of primary amides is 2. The molecule has 18 heavy (non-hydrogen) atoms. The molecule has 0 aromatic carbocycles. The molecule has 2 amide bonds. The Bertz CT molecular complexity index is 257. The lowest BCUT2D eigenvalue weighted by molar-refractivity contribution is -0.136. The smallest absolute Gasteiger partial charge is 0.247 e. The molecule has 0 aromatic heterocycles. The molecule has 0 bridgehead atoms. The van der Waals surface area contributed by atoms with E-state index in [9.17, 15) is 14.7 Å². The van der Waals surface area contributed by atoms with Gasteiger partial charge in [0.05, 0.1) is 5.92 Å². The van der Waals surface area contributed by atoms with E-state index in [2.05, 4.69) is 6.92 Å². The molecular weight excluding hydrogens is 232 g/mol. The van der Waals surface area contributed by atoms with E-state index in [1.165, 1.54) is 25.7 Å². The van der Waals surface area contributed by atoms with Crippen molar-refractivity contribution < 1.29 is 14.7 Å². The molecule has 0 rings (SSSR count). The molecule has 5 N–H and O–H groups in total. The minimum atomic E-state index is -1.46. The summed E-state index contributed by atoms with van der Waals surface area (Å²) in [5.41, 5.74) is 10.1. The van der Waals surface area contributed by atoms with E-state index >= 15 is 0 Å². The molecule has 5 heteroatoms. The largest absolute Gasteiger partial charge is 0.382 e. The summed E-state index contributed by atoms with van der Waals surface area (Å²) in [6, 6.07) is 0. The zero-order chi connectivity index (χ0) is 14.0. The number of hydrogen-bond donors (Lipinski definition) is 3. The van der Waals surface area contributed by atoms with Crippen LogP contribution in [0.4, 0.5) is 0 Å². The summed E-state index contributed by atoms with van der Waals surface area (Å²) in [6.07, 6.45) is 6.74. The van der Waals surface area contributed by atoms with E-state index < -0.39 is 23.8 Å². The molecule has 0 saturated carbocycles. The van der Waals surface area contributed by atoms with Gasteiger partial charge >= 0.3 is 0 Å². The lowest BCUT2D eigenvalue weighted by Crippen LogP contribution is -2.41. The van der Waals surface area contributed by atoms with Gasteiger partial charge in [0.1, 0.15) is 6.10 Å². The van der Waals surface area contributed by atoms with Crippen LogP contribution < -0.4 is 11.5 Å². The summed E-state index contributed by atoms with van der Waals surface area (Å²) >= 11 is 0. The van der Waals surface area contributed by atoms with E-state index in [-0.39, 0.29) is 0 Å². The Morgan fingerprint density at radius 2 is 1.44 bits per heavy atom. The second-order valence-electron chi connectivity index (χ2n) is 4.77. The number of amides is 2. The van der Waals surface area contributed by atoms with Gasteiger partial charge in [-0.3, -0.25) is 9.59 Å². The van der Waals surface area contributed by atoms with Gasteiger partial charge in [-0.1, -0.05) is 51.9 Å². The molecule has 5 nitrogen and oxygen atoms in total. The predicted octanol–water partition coefficient (Wildman–Crippen LogP) is 1.07. The van der Waals surface area contributed by atoms with Crippen molar-refractivity contribution in [2.75, 3.05) is 0 Å². The molecule has 0 aromatic rings. The molecule has 0 aliphatic carbocycles. The number of nitrogens with two attached hydrogens (primary N) is 2. The Morgan fingerprint density at radius 1 is 0.944 bits per heavy atom. The average Bonchev–Trinajstić information content (AvgIpc) is 2.31. The topological polar surface area (TPSA) is 106 Å². The normalized spacial score (nSPS) is 14.1. The van der Waals surface area contributed by atoms with Crippen molar-refractivity contribution in [3.8, 4) is 0 Å². The van der Waals surface area contributed by atoms with Crippen molar-refractivity contribution in [2.45, 2.75) is 64.4 Å². The van der Waals surface area contributed by atoms with Crippen LogP contribution in [-0.2, 0) is 9.59 Å². The van der Waals surface area contributed by atoms with Gasteiger partial charge in [-0.15, -0.1) is 0 Å². The molecule has 0 aliphatic rings. The third-order valence-corrected chi connectivity index (χ3v) is 3.16. The van der Waals surface area contributed by atoms with Crippen molar-refractivity contribution >= 4 is 11.8 Å². The highest BCUT2D eigenvalue weighted by atomic mass is 16.3. The summed E-state index contributed by atoms with van der Waals surface area (Å²) in [6.45, 7) is 2.17. The minimum absolute atomic E-state index is 0.424. The van der Waals surface area contributed by atoms with E-state index in [4.69, 9.17) is 11.5 Å². The Kier molecular flexibility index (Phi) is 9.28.